The summed E-state index contributed by atoms with van der Waals surface area (Å²) in [6.07, 6.45) is -3.79. The lowest BCUT2D eigenvalue weighted by Gasteiger charge is -2.31. The van der Waals surface area contributed by atoms with Crippen LogP contribution in [0.3, 0.4) is 0 Å². The van der Waals surface area contributed by atoms with E-state index in [9.17, 15) is 22.0 Å². The molecule has 4 rings (SSSR count). The van der Waals surface area contributed by atoms with Crippen LogP contribution < -0.4 is 15.5 Å². The van der Waals surface area contributed by atoms with Gasteiger partial charge in [0, 0.05) is 37.3 Å². The summed E-state index contributed by atoms with van der Waals surface area (Å²) in [6, 6.07) is 5.54. The lowest BCUT2D eigenvalue weighted by molar-refractivity contribution is -0.137. The smallest absolute Gasteiger partial charge is 0.370 e. The molecule has 1 fully saturated rings. The first-order valence-corrected chi connectivity index (χ1v) is 8.66. The lowest BCUT2D eigenvalue weighted by Crippen LogP contribution is -2.42. The first-order valence-electron chi connectivity index (χ1n) is 8.66. The van der Waals surface area contributed by atoms with E-state index in [1.54, 1.807) is 18.0 Å². The van der Waals surface area contributed by atoms with E-state index >= 15 is 0 Å². The van der Waals surface area contributed by atoms with Crippen molar-refractivity contribution in [3.05, 3.63) is 53.1 Å². The summed E-state index contributed by atoms with van der Waals surface area (Å²) in [5.74, 6) is -1.68. The zero-order valence-corrected chi connectivity index (χ0v) is 14.5. The average molecular weight is 383 g/mol. The fraction of sp³-hybridized carbons (Fsp3) is 0.368. The minimum atomic E-state index is -4.54. The third kappa shape index (κ3) is 3.12. The number of nitrogens with one attached hydrogen (secondary N) is 2. The van der Waals surface area contributed by atoms with E-state index in [1.807, 2.05) is 0 Å². The second-order valence-electron chi connectivity index (χ2n) is 6.99. The van der Waals surface area contributed by atoms with Gasteiger partial charge in [-0.25, -0.2) is 8.78 Å². The highest BCUT2D eigenvalue weighted by molar-refractivity contribution is 5.74. The second-order valence-corrected chi connectivity index (χ2v) is 6.99. The maximum Gasteiger partial charge on any atom is 0.418 e. The Morgan fingerprint density at radius 2 is 1.93 bits per heavy atom. The standard InChI is InChI=1S/C19H18F5N3/c1-27-17-4-5-25-9-13(17)12-7-11(8-14(18(12)27)19(22,23)24)26-16-3-2-10(20)6-15(16)21/h2-3,6-8,13,17,25-26H,4-5,9H2,1H3. The molecule has 0 amide bonds. The van der Waals surface area contributed by atoms with Crippen molar-refractivity contribution in [2.75, 3.05) is 30.4 Å². The summed E-state index contributed by atoms with van der Waals surface area (Å²) in [6.45, 7) is 1.35. The Morgan fingerprint density at radius 1 is 1.15 bits per heavy atom. The number of piperidine rings is 1. The van der Waals surface area contributed by atoms with Crippen molar-refractivity contribution in [3.8, 4) is 0 Å². The lowest BCUT2D eigenvalue weighted by atomic mass is 9.89. The van der Waals surface area contributed by atoms with Crippen LogP contribution in [0.2, 0.25) is 0 Å². The number of hydrogen-bond donors (Lipinski definition) is 2. The first kappa shape index (κ1) is 18.0. The van der Waals surface area contributed by atoms with Gasteiger partial charge in [0.25, 0.3) is 0 Å². The maximum atomic E-state index is 13.9. The Balaban J connectivity index is 1.81. The minimum absolute atomic E-state index is 0.000146. The molecule has 2 aromatic carbocycles. The van der Waals surface area contributed by atoms with Gasteiger partial charge in [-0.15, -0.1) is 0 Å². The molecule has 0 spiro atoms. The van der Waals surface area contributed by atoms with Crippen molar-refractivity contribution < 1.29 is 22.0 Å². The number of anilines is 3. The summed E-state index contributed by atoms with van der Waals surface area (Å²) >= 11 is 0. The van der Waals surface area contributed by atoms with Crippen molar-refractivity contribution >= 4 is 17.1 Å². The number of alkyl halides is 3. The third-order valence-electron chi connectivity index (χ3n) is 5.35. The number of benzene rings is 2. The van der Waals surface area contributed by atoms with Crippen LogP contribution in [-0.4, -0.2) is 26.2 Å². The molecule has 2 aliphatic heterocycles. The van der Waals surface area contributed by atoms with Gasteiger partial charge in [0.05, 0.1) is 16.9 Å². The van der Waals surface area contributed by atoms with Crippen molar-refractivity contribution in [2.24, 2.45) is 0 Å². The van der Waals surface area contributed by atoms with Crippen molar-refractivity contribution in [1.82, 2.24) is 5.32 Å². The van der Waals surface area contributed by atoms with E-state index in [0.29, 0.717) is 18.2 Å². The number of likely N-dealkylation sites (N-methyl/N-ethyl adjacent to an activating group) is 1. The molecule has 144 valence electrons. The summed E-state index contributed by atoms with van der Waals surface area (Å²) in [5, 5.41) is 5.90. The fourth-order valence-electron chi connectivity index (χ4n) is 4.16. The molecule has 2 heterocycles. The number of halogens is 5. The Kier molecular flexibility index (Phi) is 4.25. The van der Waals surface area contributed by atoms with Crippen LogP contribution in [0.15, 0.2) is 30.3 Å². The van der Waals surface area contributed by atoms with Crippen LogP contribution in [-0.2, 0) is 6.18 Å². The zero-order chi connectivity index (χ0) is 19.3. The van der Waals surface area contributed by atoms with Crippen LogP contribution in [0.1, 0.15) is 23.5 Å². The molecule has 2 aliphatic rings. The molecule has 3 nitrogen and oxygen atoms in total. The van der Waals surface area contributed by atoms with Gasteiger partial charge in [-0.3, -0.25) is 0 Å². The average Bonchev–Trinajstić information content (AvgIpc) is 2.89. The quantitative estimate of drug-likeness (QED) is 0.741. The third-order valence-corrected chi connectivity index (χ3v) is 5.35. The minimum Gasteiger partial charge on any atom is -0.370 e. The van der Waals surface area contributed by atoms with Gasteiger partial charge in [-0.1, -0.05) is 0 Å². The Morgan fingerprint density at radius 3 is 2.63 bits per heavy atom. The molecule has 0 saturated carbocycles. The van der Waals surface area contributed by atoms with Gasteiger partial charge >= 0.3 is 6.18 Å². The number of hydrogen-bond acceptors (Lipinski definition) is 3. The highest BCUT2D eigenvalue weighted by Gasteiger charge is 2.45. The molecule has 2 unspecified atom stereocenters. The van der Waals surface area contributed by atoms with Crippen LogP contribution in [0.25, 0.3) is 0 Å². The zero-order valence-electron chi connectivity index (χ0n) is 14.5. The number of nitrogens with zero attached hydrogens (tertiary/aromatic N) is 1. The monoisotopic (exact) mass is 383 g/mol. The van der Waals surface area contributed by atoms with Crippen LogP contribution in [0.4, 0.5) is 39.0 Å². The van der Waals surface area contributed by atoms with Gasteiger partial charge in [0.1, 0.15) is 11.6 Å². The van der Waals surface area contributed by atoms with Crippen molar-refractivity contribution in [3.63, 3.8) is 0 Å². The van der Waals surface area contributed by atoms with E-state index in [1.165, 1.54) is 6.07 Å². The Labute approximate surface area is 153 Å². The van der Waals surface area contributed by atoms with Gasteiger partial charge in [0.2, 0.25) is 0 Å². The van der Waals surface area contributed by atoms with E-state index < -0.39 is 23.4 Å². The molecule has 1 saturated heterocycles. The molecule has 0 bridgehead atoms. The normalized spacial score (nSPS) is 21.8. The summed E-state index contributed by atoms with van der Waals surface area (Å²) in [5.41, 5.74) is 0.0862. The van der Waals surface area contributed by atoms with E-state index in [2.05, 4.69) is 10.6 Å². The van der Waals surface area contributed by atoms with Crippen molar-refractivity contribution in [2.45, 2.75) is 24.6 Å². The van der Waals surface area contributed by atoms with E-state index in [-0.39, 0.29) is 29.0 Å². The molecule has 2 aromatic rings. The second kappa shape index (κ2) is 6.37. The van der Waals surface area contributed by atoms with E-state index in [0.717, 1.165) is 25.1 Å². The topological polar surface area (TPSA) is 27.3 Å². The SMILES string of the molecule is CN1c2c(cc(Nc3ccc(F)cc3F)cc2C(F)(F)F)C2CNCCC21. The van der Waals surface area contributed by atoms with Gasteiger partial charge in [-0.05, 0) is 42.8 Å². The fourth-order valence-corrected chi connectivity index (χ4v) is 4.16. The molecule has 0 aliphatic carbocycles. The Bertz CT molecular complexity index is 880. The van der Waals surface area contributed by atoms with Crippen LogP contribution in [0.5, 0.6) is 0 Å². The Hall–Kier alpha value is -2.35. The predicted octanol–water partition coefficient (Wildman–Crippen LogP) is 4.62. The summed E-state index contributed by atoms with van der Waals surface area (Å²) < 4.78 is 68.3. The molecule has 27 heavy (non-hydrogen) atoms. The summed E-state index contributed by atoms with van der Waals surface area (Å²) in [7, 11) is 1.69. The van der Waals surface area contributed by atoms with Crippen molar-refractivity contribution in [1.29, 1.82) is 0 Å². The summed E-state index contributed by atoms with van der Waals surface area (Å²) in [4.78, 5) is 1.71. The highest BCUT2D eigenvalue weighted by atomic mass is 19.4. The van der Waals surface area contributed by atoms with Crippen LogP contribution >= 0.6 is 0 Å². The van der Waals surface area contributed by atoms with Crippen LogP contribution in [0, 0.1) is 11.6 Å². The number of rotatable bonds is 2. The molecule has 2 atom stereocenters. The molecular weight excluding hydrogens is 365 g/mol. The first-order chi connectivity index (χ1) is 12.8. The molecule has 0 aromatic heterocycles. The highest BCUT2D eigenvalue weighted by Crippen LogP contribution is 2.50. The molecule has 2 N–H and O–H groups in total. The van der Waals surface area contributed by atoms with Gasteiger partial charge in [0.15, 0.2) is 0 Å². The molecule has 8 heteroatoms. The van der Waals surface area contributed by atoms with E-state index in [4.69, 9.17) is 0 Å². The van der Waals surface area contributed by atoms with Gasteiger partial charge < -0.3 is 15.5 Å². The largest absolute Gasteiger partial charge is 0.418 e. The predicted molar refractivity (Wildman–Crippen MR) is 93.5 cm³/mol. The van der Waals surface area contributed by atoms with Gasteiger partial charge in [-0.2, -0.15) is 13.2 Å². The molecule has 0 radical (unpaired) electrons. The molecular formula is C19H18F5N3. The maximum absolute atomic E-state index is 13.9. The number of fused-ring (bicyclic) bond motifs is 3.